The van der Waals surface area contributed by atoms with E-state index in [1.54, 1.807) is 19.9 Å². The number of sulfonamides is 1. The Labute approximate surface area is 167 Å². The van der Waals surface area contributed by atoms with E-state index < -0.39 is 10.0 Å². The molecule has 0 saturated heterocycles. The highest BCUT2D eigenvalue weighted by molar-refractivity contribution is 7.89. The fourth-order valence-electron chi connectivity index (χ4n) is 2.88. The zero-order chi connectivity index (χ0) is 20.6. The lowest BCUT2D eigenvalue weighted by atomic mass is 10.1. The van der Waals surface area contributed by atoms with Crippen molar-refractivity contribution in [2.24, 2.45) is 0 Å². The lowest BCUT2D eigenvalue weighted by molar-refractivity contribution is -0.116. The molecule has 0 fully saturated rings. The Bertz CT molecular complexity index is 879. The number of carbonyl (C=O) groups is 1. The molecule has 0 aromatic heterocycles. The molecule has 0 bridgehead atoms. The van der Waals surface area contributed by atoms with Gasteiger partial charge in [-0.05, 0) is 37.1 Å². The molecule has 1 amide bonds. The molecule has 0 spiro atoms. The van der Waals surface area contributed by atoms with Crippen LogP contribution in [0, 0.1) is 0 Å². The number of nitrogens with one attached hydrogen (secondary N) is 1. The minimum Gasteiger partial charge on any atom is -0.492 e. The Morgan fingerprint density at radius 2 is 1.71 bits per heavy atom. The smallest absolute Gasteiger partial charge is 0.243 e. The highest BCUT2D eigenvalue weighted by Crippen LogP contribution is 2.29. The van der Waals surface area contributed by atoms with Crippen molar-refractivity contribution in [1.29, 1.82) is 0 Å². The second-order valence-corrected chi connectivity index (χ2v) is 8.15. The number of nitrogens with zero attached hydrogens (tertiary/aromatic N) is 1. The molecule has 0 saturated carbocycles. The summed E-state index contributed by atoms with van der Waals surface area (Å²) in [5.41, 5.74) is 1.44. The summed E-state index contributed by atoms with van der Waals surface area (Å²) in [6.07, 6.45) is 0.899. The zero-order valence-electron chi connectivity index (χ0n) is 16.6. The van der Waals surface area contributed by atoms with E-state index in [4.69, 9.17) is 4.74 Å². The minimum absolute atomic E-state index is 0.137. The second kappa shape index (κ2) is 10.2. The molecule has 2 aromatic carbocycles. The summed E-state index contributed by atoms with van der Waals surface area (Å²) in [4.78, 5) is 12.6. The summed E-state index contributed by atoms with van der Waals surface area (Å²) in [5, 5.41) is 2.81. The number of hydrogen-bond acceptors (Lipinski definition) is 4. The number of aryl methyl sites for hydroxylation is 1. The lowest BCUT2D eigenvalue weighted by Crippen LogP contribution is -2.30. The van der Waals surface area contributed by atoms with Crippen molar-refractivity contribution in [3.63, 3.8) is 0 Å². The first-order valence-corrected chi connectivity index (χ1v) is 11.0. The van der Waals surface area contributed by atoms with E-state index in [1.807, 2.05) is 37.3 Å². The fourth-order valence-corrected chi connectivity index (χ4v) is 4.36. The summed E-state index contributed by atoms with van der Waals surface area (Å²) in [6, 6.07) is 14.3. The average Bonchev–Trinajstić information content (AvgIpc) is 2.69. The van der Waals surface area contributed by atoms with Gasteiger partial charge in [-0.3, -0.25) is 4.79 Å². The molecule has 28 heavy (non-hydrogen) atoms. The predicted molar refractivity (Wildman–Crippen MR) is 111 cm³/mol. The summed E-state index contributed by atoms with van der Waals surface area (Å²) < 4.78 is 32.5. The molecule has 7 heteroatoms. The van der Waals surface area contributed by atoms with Crippen molar-refractivity contribution in [2.75, 3.05) is 25.0 Å². The maximum atomic E-state index is 12.8. The van der Waals surface area contributed by atoms with Crippen LogP contribution in [0.4, 0.5) is 5.69 Å². The molecule has 0 unspecified atom stereocenters. The molecule has 0 aliphatic rings. The minimum atomic E-state index is -3.62. The van der Waals surface area contributed by atoms with Gasteiger partial charge in [-0.1, -0.05) is 44.2 Å². The van der Waals surface area contributed by atoms with Crippen LogP contribution in [0.15, 0.2) is 53.4 Å². The van der Waals surface area contributed by atoms with Crippen LogP contribution >= 0.6 is 0 Å². The quantitative estimate of drug-likeness (QED) is 0.655. The van der Waals surface area contributed by atoms with E-state index in [1.165, 1.54) is 16.4 Å². The Morgan fingerprint density at radius 1 is 1.04 bits per heavy atom. The van der Waals surface area contributed by atoms with Gasteiger partial charge in [0.1, 0.15) is 5.75 Å². The normalized spacial score (nSPS) is 11.4. The Balaban J connectivity index is 2.22. The highest BCUT2D eigenvalue weighted by atomic mass is 32.2. The standard InChI is InChI=1S/C21H28N2O4S/c1-4-23(5-2)28(25,26)18-13-14-20(27-6-3)19(16-18)22-21(24)15-12-17-10-8-7-9-11-17/h7-11,13-14,16H,4-6,12,15H2,1-3H3,(H,22,24). The lowest BCUT2D eigenvalue weighted by Gasteiger charge is -2.20. The van der Waals surface area contributed by atoms with Crippen molar-refractivity contribution in [3.05, 3.63) is 54.1 Å². The third kappa shape index (κ3) is 5.56. The van der Waals surface area contributed by atoms with Crippen molar-refractivity contribution in [1.82, 2.24) is 4.31 Å². The predicted octanol–water partition coefficient (Wildman–Crippen LogP) is 3.69. The second-order valence-electron chi connectivity index (χ2n) is 6.21. The largest absolute Gasteiger partial charge is 0.492 e. The van der Waals surface area contributed by atoms with Crippen LogP contribution in [0.5, 0.6) is 5.75 Å². The van der Waals surface area contributed by atoms with Crippen LogP contribution in [-0.2, 0) is 21.2 Å². The number of carbonyl (C=O) groups excluding carboxylic acids is 1. The van der Waals surface area contributed by atoms with Crippen LogP contribution in [0.2, 0.25) is 0 Å². The van der Waals surface area contributed by atoms with Gasteiger partial charge in [0.15, 0.2) is 0 Å². The maximum Gasteiger partial charge on any atom is 0.243 e. The van der Waals surface area contributed by atoms with E-state index in [0.29, 0.717) is 44.0 Å². The van der Waals surface area contributed by atoms with Gasteiger partial charge in [-0.15, -0.1) is 0 Å². The number of benzene rings is 2. The van der Waals surface area contributed by atoms with Gasteiger partial charge < -0.3 is 10.1 Å². The Morgan fingerprint density at radius 3 is 2.32 bits per heavy atom. The molecule has 152 valence electrons. The molecule has 2 aromatic rings. The van der Waals surface area contributed by atoms with Gasteiger partial charge in [0, 0.05) is 19.5 Å². The van der Waals surface area contributed by atoms with E-state index >= 15 is 0 Å². The number of amides is 1. The third-order valence-electron chi connectivity index (χ3n) is 4.35. The van der Waals surface area contributed by atoms with Gasteiger partial charge in [-0.25, -0.2) is 8.42 Å². The third-order valence-corrected chi connectivity index (χ3v) is 6.40. The van der Waals surface area contributed by atoms with Gasteiger partial charge in [-0.2, -0.15) is 4.31 Å². The van der Waals surface area contributed by atoms with Crippen LogP contribution in [0.1, 0.15) is 32.8 Å². The van der Waals surface area contributed by atoms with Crippen LogP contribution < -0.4 is 10.1 Å². The van der Waals surface area contributed by atoms with Crippen molar-refractivity contribution in [2.45, 2.75) is 38.5 Å². The molecule has 2 rings (SSSR count). The van der Waals surface area contributed by atoms with Crippen LogP contribution in [0.25, 0.3) is 0 Å². The fraction of sp³-hybridized carbons (Fsp3) is 0.381. The first-order chi connectivity index (χ1) is 13.4. The van der Waals surface area contributed by atoms with E-state index in [-0.39, 0.29) is 10.8 Å². The average molecular weight is 405 g/mol. The molecule has 6 nitrogen and oxygen atoms in total. The molecule has 0 radical (unpaired) electrons. The van der Waals surface area contributed by atoms with E-state index in [2.05, 4.69) is 5.32 Å². The first kappa shape index (κ1) is 21.9. The van der Waals surface area contributed by atoms with Gasteiger partial charge in [0.2, 0.25) is 15.9 Å². The SMILES string of the molecule is CCOc1ccc(S(=O)(=O)N(CC)CC)cc1NC(=O)CCc1ccccc1. The molecule has 0 heterocycles. The van der Waals surface area contributed by atoms with E-state index in [9.17, 15) is 13.2 Å². The summed E-state index contributed by atoms with van der Waals surface area (Å²) in [7, 11) is -3.62. The number of ether oxygens (including phenoxy) is 1. The molecular weight excluding hydrogens is 376 g/mol. The highest BCUT2D eigenvalue weighted by Gasteiger charge is 2.23. The van der Waals surface area contributed by atoms with Gasteiger partial charge in [0.25, 0.3) is 0 Å². The van der Waals surface area contributed by atoms with Crippen LogP contribution in [-0.4, -0.2) is 38.3 Å². The molecule has 0 aliphatic heterocycles. The van der Waals surface area contributed by atoms with Crippen molar-refractivity contribution < 1.29 is 17.9 Å². The Hall–Kier alpha value is -2.38. The number of anilines is 1. The topological polar surface area (TPSA) is 75.7 Å². The van der Waals surface area contributed by atoms with E-state index in [0.717, 1.165) is 5.56 Å². The number of hydrogen-bond donors (Lipinski definition) is 1. The summed E-state index contributed by atoms with van der Waals surface area (Å²) >= 11 is 0. The van der Waals surface area contributed by atoms with Crippen molar-refractivity contribution in [3.8, 4) is 5.75 Å². The first-order valence-electron chi connectivity index (χ1n) is 9.53. The van der Waals surface area contributed by atoms with Gasteiger partial charge >= 0.3 is 0 Å². The zero-order valence-corrected chi connectivity index (χ0v) is 17.5. The summed E-state index contributed by atoms with van der Waals surface area (Å²) in [6.45, 7) is 6.59. The Kier molecular flexibility index (Phi) is 8.02. The molecule has 1 N–H and O–H groups in total. The molecular formula is C21H28N2O4S. The number of rotatable bonds is 10. The molecule has 0 aliphatic carbocycles. The maximum absolute atomic E-state index is 12.8. The monoisotopic (exact) mass is 404 g/mol. The van der Waals surface area contributed by atoms with Gasteiger partial charge in [0.05, 0.1) is 17.2 Å². The van der Waals surface area contributed by atoms with Crippen molar-refractivity contribution >= 4 is 21.6 Å². The van der Waals surface area contributed by atoms with Crippen LogP contribution in [0.3, 0.4) is 0 Å². The molecule has 0 atom stereocenters. The summed E-state index contributed by atoms with van der Waals surface area (Å²) in [5.74, 6) is 0.260.